The van der Waals surface area contributed by atoms with Crippen molar-refractivity contribution in [1.29, 1.82) is 0 Å². The second-order valence-electron chi connectivity index (χ2n) is 6.12. The molecule has 30 heavy (non-hydrogen) atoms. The van der Waals surface area contributed by atoms with Crippen LogP contribution in [0.5, 0.6) is 5.75 Å². The van der Waals surface area contributed by atoms with Crippen LogP contribution in [0.15, 0.2) is 84.3 Å². The van der Waals surface area contributed by atoms with Crippen LogP contribution in [-0.4, -0.2) is 23.9 Å². The molecular weight excluding hydrogens is 454 g/mol. The summed E-state index contributed by atoms with van der Waals surface area (Å²) in [6, 6.07) is 13.9. The lowest BCUT2D eigenvalue weighted by Gasteiger charge is -2.09. The van der Waals surface area contributed by atoms with Gasteiger partial charge in [0.05, 0.1) is 28.9 Å². The molecule has 2 aromatic carbocycles. The summed E-state index contributed by atoms with van der Waals surface area (Å²) in [6.07, 6.45) is 4.04. The van der Waals surface area contributed by atoms with Crippen LogP contribution in [0.2, 0.25) is 0 Å². The minimum atomic E-state index is -0.497. The number of aromatic nitrogens is 1. The summed E-state index contributed by atoms with van der Waals surface area (Å²) in [5.41, 5.74) is 3.43. The van der Waals surface area contributed by atoms with E-state index in [0.29, 0.717) is 28.0 Å². The zero-order valence-electron chi connectivity index (χ0n) is 15.4. The molecule has 0 aliphatic carbocycles. The van der Waals surface area contributed by atoms with Gasteiger partial charge in [0.2, 0.25) is 5.43 Å². The average Bonchev–Trinajstić information content (AvgIpc) is 3.29. The number of carbonyl (C=O) groups excluding carboxylic acids is 1. The lowest BCUT2D eigenvalue weighted by Crippen LogP contribution is -2.25. The summed E-state index contributed by atoms with van der Waals surface area (Å²) in [5.74, 6) is 0.458. The van der Waals surface area contributed by atoms with Crippen molar-refractivity contribution >= 4 is 39.0 Å². The molecule has 9 heteroatoms. The van der Waals surface area contributed by atoms with Crippen LogP contribution in [-0.2, 0) is 4.79 Å². The van der Waals surface area contributed by atoms with Crippen molar-refractivity contribution in [3.63, 3.8) is 0 Å². The van der Waals surface area contributed by atoms with Crippen LogP contribution in [0, 0.1) is 0 Å². The van der Waals surface area contributed by atoms with Crippen molar-refractivity contribution in [1.82, 2.24) is 10.6 Å². The van der Waals surface area contributed by atoms with Gasteiger partial charge in [-0.05, 0) is 30.3 Å². The Morgan fingerprint density at radius 2 is 2.10 bits per heavy atom. The highest BCUT2D eigenvalue weighted by Gasteiger charge is 2.12. The summed E-state index contributed by atoms with van der Waals surface area (Å²) < 4.78 is 17.0. The smallest absolute Gasteiger partial charge is 0.277 e. The molecular formula is C21H14BrN3O5. The molecule has 0 bridgehead atoms. The van der Waals surface area contributed by atoms with Gasteiger partial charge in [0.25, 0.3) is 5.91 Å². The maximum atomic E-state index is 12.4. The molecule has 0 saturated heterocycles. The van der Waals surface area contributed by atoms with Crippen molar-refractivity contribution in [3.05, 3.63) is 81.3 Å². The minimum absolute atomic E-state index is 0.218. The highest BCUT2D eigenvalue weighted by atomic mass is 79.9. The van der Waals surface area contributed by atoms with Crippen molar-refractivity contribution in [2.75, 3.05) is 6.61 Å². The third kappa shape index (κ3) is 4.31. The van der Waals surface area contributed by atoms with Crippen molar-refractivity contribution in [2.45, 2.75) is 0 Å². The zero-order chi connectivity index (χ0) is 20.9. The number of benzene rings is 2. The minimum Gasteiger partial charge on any atom is -0.483 e. The van der Waals surface area contributed by atoms with Gasteiger partial charge >= 0.3 is 0 Å². The maximum Gasteiger partial charge on any atom is 0.277 e. The number of hydrazone groups is 1. The van der Waals surface area contributed by atoms with Gasteiger partial charge in [-0.2, -0.15) is 5.10 Å². The Labute approximate surface area is 178 Å². The molecule has 4 rings (SSSR count). The van der Waals surface area contributed by atoms with Gasteiger partial charge < -0.3 is 13.7 Å². The largest absolute Gasteiger partial charge is 0.483 e. The number of para-hydroxylation sites is 1. The second kappa shape index (κ2) is 8.75. The number of hydrogen-bond donors (Lipinski definition) is 1. The second-order valence-corrected chi connectivity index (χ2v) is 7.03. The molecule has 0 atom stereocenters. The van der Waals surface area contributed by atoms with E-state index in [-0.39, 0.29) is 17.6 Å². The van der Waals surface area contributed by atoms with E-state index in [9.17, 15) is 9.59 Å². The first-order chi connectivity index (χ1) is 14.6. The van der Waals surface area contributed by atoms with Gasteiger partial charge in [0.15, 0.2) is 12.4 Å². The van der Waals surface area contributed by atoms with Crippen molar-refractivity contribution in [3.8, 4) is 17.1 Å². The molecule has 8 nitrogen and oxygen atoms in total. The first kappa shape index (κ1) is 19.6. The number of hydrogen-bond acceptors (Lipinski definition) is 7. The maximum absolute atomic E-state index is 12.4. The third-order valence-corrected chi connectivity index (χ3v) is 4.60. The number of ether oxygens (including phenoxy) is 1. The first-order valence-corrected chi connectivity index (χ1v) is 9.57. The van der Waals surface area contributed by atoms with E-state index in [1.54, 1.807) is 48.5 Å². The summed E-state index contributed by atoms with van der Waals surface area (Å²) in [7, 11) is 0. The summed E-state index contributed by atoms with van der Waals surface area (Å²) in [6.45, 7) is -0.285. The number of fused-ring (bicyclic) bond motifs is 1. The lowest BCUT2D eigenvalue weighted by molar-refractivity contribution is -0.123. The SMILES string of the molecule is O=C(COc1ccc(Br)cc1-c1ccno1)N/N=C/c1coc2ccccc2c1=O. The van der Waals surface area contributed by atoms with Gasteiger partial charge in [0.1, 0.15) is 17.6 Å². The van der Waals surface area contributed by atoms with Crippen molar-refractivity contribution in [2.24, 2.45) is 5.10 Å². The van der Waals surface area contributed by atoms with Crippen LogP contribution in [0.1, 0.15) is 5.56 Å². The van der Waals surface area contributed by atoms with E-state index in [2.05, 4.69) is 31.6 Å². The topological polar surface area (TPSA) is 107 Å². The van der Waals surface area contributed by atoms with Crippen LogP contribution < -0.4 is 15.6 Å². The predicted octanol–water partition coefficient (Wildman–Crippen LogP) is 3.74. The van der Waals surface area contributed by atoms with Gasteiger partial charge in [0, 0.05) is 10.5 Å². The molecule has 0 saturated carbocycles. The zero-order valence-corrected chi connectivity index (χ0v) is 17.0. The lowest BCUT2D eigenvalue weighted by atomic mass is 10.1. The molecule has 0 aliphatic heterocycles. The van der Waals surface area contributed by atoms with Gasteiger partial charge in [-0.25, -0.2) is 5.43 Å². The van der Waals surface area contributed by atoms with E-state index in [0.717, 1.165) is 4.47 Å². The molecule has 0 spiro atoms. The molecule has 0 fully saturated rings. The number of halogens is 1. The Morgan fingerprint density at radius 3 is 2.93 bits per heavy atom. The molecule has 2 aromatic heterocycles. The number of nitrogens with zero attached hydrogens (tertiary/aromatic N) is 2. The molecule has 1 N–H and O–H groups in total. The van der Waals surface area contributed by atoms with Crippen LogP contribution >= 0.6 is 15.9 Å². The number of amides is 1. The fraction of sp³-hybridized carbons (Fsp3) is 0.0476. The average molecular weight is 468 g/mol. The van der Waals surface area contributed by atoms with E-state index in [1.807, 2.05) is 0 Å². The number of rotatable bonds is 6. The van der Waals surface area contributed by atoms with E-state index >= 15 is 0 Å². The Kier molecular flexibility index (Phi) is 5.71. The summed E-state index contributed by atoms with van der Waals surface area (Å²) >= 11 is 3.39. The normalized spacial score (nSPS) is 11.1. The fourth-order valence-corrected chi connectivity index (χ4v) is 3.07. The molecule has 0 radical (unpaired) electrons. The standard InChI is InChI=1S/C21H14BrN3O5/c22-14-5-6-18(16(9-14)19-7-8-24-30-19)29-12-20(26)25-23-10-13-11-28-17-4-2-1-3-15(17)21(13)27/h1-11H,12H2,(H,25,26)/b23-10+. The Balaban J connectivity index is 1.41. The number of carbonyl (C=O) groups is 1. The van der Waals surface area contributed by atoms with Gasteiger partial charge in [-0.3, -0.25) is 9.59 Å². The fourth-order valence-electron chi connectivity index (χ4n) is 2.71. The third-order valence-electron chi connectivity index (χ3n) is 4.10. The highest BCUT2D eigenvalue weighted by Crippen LogP contribution is 2.32. The summed E-state index contributed by atoms with van der Waals surface area (Å²) in [5, 5.41) is 7.93. The molecule has 1 amide bonds. The van der Waals surface area contributed by atoms with Crippen molar-refractivity contribution < 1.29 is 18.5 Å². The molecule has 150 valence electrons. The first-order valence-electron chi connectivity index (χ1n) is 8.77. The van der Waals surface area contributed by atoms with Crippen LogP contribution in [0.25, 0.3) is 22.3 Å². The van der Waals surface area contributed by atoms with Gasteiger partial charge in [-0.15, -0.1) is 0 Å². The predicted molar refractivity (Wildman–Crippen MR) is 113 cm³/mol. The molecule has 4 aromatic rings. The van der Waals surface area contributed by atoms with E-state index in [1.165, 1.54) is 18.7 Å². The Bertz CT molecular complexity index is 1280. The monoisotopic (exact) mass is 467 g/mol. The summed E-state index contributed by atoms with van der Waals surface area (Å²) in [4.78, 5) is 24.5. The quantitative estimate of drug-likeness (QED) is 0.341. The molecule has 0 unspecified atom stereocenters. The molecule has 0 aliphatic rings. The van der Waals surface area contributed by atoms with E-state index in [4.69, 9.17) is 13.7 Å². The Hall–Kier alpha value is -3.72. The van der Waals surface area contributed by atoms with E-state index < -0.39 is 5.91 Å². The Morgan fingerprint density at radius 1 is 1.23 bits per heavy atom. The highest BCUT2D eigenvalue weighted by molar-refractivity contribution is 9.10. The van der Waals surface area contributed by atoms with Crippen LogP contribution in [0.3, 0.4) is 0 Å². The van der Waals surface area contributed by atoms with Gasteiger partial charge in [-0.1, -0.05) is 33.2 Å². The molecule has 2 heterocycles. The van der Waals surface area contributed by atoms with Crippen LogP contribution in [0.4, 0.5) is 0 Å². The number of nitrogens with one attached hydrogen (secondary N) is 1.